The van der Waals surface area contributed by atoms with Crippen molar-refractivity contribution in [3.8, 4) is 0 Å². The number of hydrogen-bond acceptors (Lipinski definition) is 4. The van der Waals surface area contributed by atoms with Crippen molar-refractivity contribution >= 4 is 45.1 Å². The highest BCUT2D eigenvalue weighted by Gasteiger charge is 2.21. The lowest BCUT2D eigenvalue weighted by molar-refractivity contribution is -0.139. The van der Waals surface area contributed by atoms with E-state index in [2.05, 4.69) is 21.2 Å². The van der Waals surface area contributed by atoms with Crippen LogP contribution in [0.4, 0.5) is 0 Å². The van der Waals surface area contributed by atoms with Crippen molar-refractivity contribution in [3.05, 3.63) is 20.8 Å². The van der Waals surface area contributed by atoms with Gasteiger partial charge < -0.3 is 16.2 Å². The van der Waals surface area contributed by atoms with Gasteiger partial charge in [-0.15, -0.1) is 11.3 Å². The second kappa shape index (κ2) is 6.50. The minimum atomic E-state index is -1.20. The van der Waals surface area contributed by atoms with E-state index in [1.165, 1.54) is 11.3 Å². The van der Waals surface area contributed by atoms with E-state index in [0.29, 0.717) is 5.56 Å². The summed E-state index contributed by atoms with van der Waals surface area (Å²) < 4.78 is 0.775. The Labute approximate surface area is 115 Å². The van der Waals surface area contributed by atoms with E-state index in [-0.39, 0.29) is 12.8 Å². The third-order valence-corrected chi connectivity index (χ3v) is 3.62. The average molecular weight is 335 g/mol. The Morgan fingerprint density at radius 2 is 2.17 bits per heavy atom. The van der Waals surface area contributed by atoms with Crippen LogP contribution >= 0.6 is 27.3 Å². The van der Waals surface area contributed by atoms with Crippen LogP contribution in [-0.2, 0) is 9.59 Å². The largest absolute Gasteiger partial charge is 0.480 e. The van der Waals surface area contributed by atoms with Gasteiger partial charge in [-0.25, -0.2) is 4.79 Å². The summed E-state index contributed by atoms with van der Waals surface area (Å²) in [7, 11) is 0. The second-order valence-electron chi connectivity index (χ2n) is 3.51. The number of hydrogen-bond donors (Lipinski definition) is 3. The molecule has 4 N–H and O–H groups in total. The van der Waals surface area contributed by atoms with Crippen LogP contribution in [0.1, 0.15) is 23.2 Å². The maximum absolute atomic E-state index is 11.7. The fourth-order valence-corrected chi connectivity index (χ4v) is 2.35. The van der Waals surface area contributed by atoms with Crippen LogP contribution in [0.3, 0.4) is 0 Å². The highest BCUT2D eigenvalue weighted by molar-refractivity contribution is 9.11. The first-order chi connectivity index (χ1) is 8.40. The smallest absolute Gasteiger partial charge is 0.326 e. The first kappa shape index (κ1) is 14.7. The first-order valence-corrected chi connectivity index (χ1v) is 6.63. The zero-order valence-electron chi connectivity index (χ0n) is 9.18. The van der Waals surface area contributed by atoms with E-state index >= 15 is 0 Å². The van der Waals surface area contributed by atoms with Gasteiger partial charge in [-0.1, -0.05) is 0 Å². The summed E-state index contributed by atoms with van der Waals surface area (Å²) in [5.74, 6) is -2.29. The number of aliphatic carboxylic acids is 1. The molecule has 1 rings (SSSR count). The van der Waals surface area contributed by atoms with Gasteiger partial charge in [-0.3, -0.25) is 9.59 Å². The van der Waals surface area contributed by atoms with Gasteiger partial charge in [0.15, 0.2) is 0 Å². The number of carboxylic acids is 1. The summed E-state index contributed by atoms with van der Waals surface area (Å²) in [4.78, 5) is 33.2. The summed E-state index contributed by atoms with van der Waals surface area (Å²) in [6, 6.07) is 0.469. The third-order valence-electron chi connectivity index (χ3n) is 2.11. The Balaban J connectivity index is 2.63. The molecule has 0 aliphatic heterocycles. The van der Waals surface area contributed by atoms with Gasteiger partial charge in [0.25, 0.3) is 5.91 Å². The van der Waals surface area contributed by atoms with Crippen LogP contribution < -0.4 is 11.1 Å². The summed E-state index contributed by atoms with van der Waals surface area (Å²) in [6.45, 7) is 0. The van der Waals surface area contributed by atoms with Crippen molar-refractivity contribution in [3.63, 3.8) is 0 Å². The maximum Gasteiger partial charge on any atom is 0.326 e. The summed E-state index contributed by atoms with van der Waals surface area (Å²) in [6.07, 6.45) is -0.119. The normalized spacial score (nSPS) is 11.8. The molecule has 0 spiro atoms. The van der Waals surface area contributed by atoms with Gasteiger partial charge in [0.05, 0.1) is 9.35 Å². The topological polar surface area (TPSA) is 109 Å². The number of primary amides is 1. The van der Waals surface area contributed by atoms with Crippen LogP contribution in [0.5, 0.6) is 0 Å². The SMILES string of the molecule is NC(=O)CC[C@H](NC(=O)c1csc(Br)c1)C(=O)O. The molecule has 0 unspecified atom stereocenters. The van der Waals surface area contributed by atoms with E-state index in [0.717, 1.165) is 3.79 Å². The number of carboxylic acid groups (broad SMARTS) is 1. The van der Waals surface area contributed by atoms with E-state index in [1.54, 1.807) is 11.4 Å². The summed E-state index contributed by atoms with van der Waals surface area (Å²) in [5, 5.41) is 12.9. The number of nitrogens with one attached hydrogen (secondary N) is 1. The number of amides is 2. The molecule has 1 aromatic rings. The van der Waals surface area contributed by atoms with Crippen LogP contribution in [0.15, 0.2) is 15.2 Å². The van der Waals surface area contributed by atoms with E-state index < -0.39 is 23.8 Å². The van der Waals surface area contributed by atoms with Crippen LogP contribution in [-0.4, -0.2) is 28.9 Å². The minimum absolute atomic E-state index is 0.0261. The van der Waals surface area contributed by atoms with Crippen molar-refractivity contribution in [1.82, 2.24) is 5.32 Å². The van der Waals surface area contributed by atoms with Gasteiger partial charge >= 0.3 is 5.97 Å². The quantitative estimate of drug-likeness (QED) is 0.719. The molecule has 6 nitrogen and oxygen atoms in total. The molecular weight excluding hydrogens is 324 g/mol. The molecular formula is C10H11BrN2O4S. The lowest BCUT2D eigenvalue weighted by Gasteiger charge is -2.12. The molecule has 0 fully saturated rings. The molecule has 1 atom stereocenters. The summed E-state index contributed by atoms with van der Waals surface area (Å²) in [5.41, 5.74) is 5.31. The molecule has 0 aliphatic carbocycles. The highest BCUT2D eigenvalue weighted by Crippen LogP contribution is 2.20. The molecule has 0 aliphatic rings. The Bertz CT molecular complexity index is 474. The number of halogens is 1. The number of nitrogens with two attached hydrogens (primary N) is 1. The molecule has 0 saturated carbocycles. The molecule has 98 valence electrons. The number of rotatable bonds is 6. The molecule has 1 heterocycles. The lowest BCUT2D eigenvalue weighted by atomic mass is 10.1. The van der Waals surface area contributed by atoms with Gasteiger partial charge in [-0.2, -0.15) is 0 Å². The summed E-state index contributed by atoms with van der Waals surface area (Å²) >= 11 is 4.53. The Morgan fingerprint density at radius 3 is 2.61 bits per heavy atom. The zero-order chi connectivity index (χ0) is 13.7. The fourth-order valence-electron chi connectivity index (χ4n) is 1.21. The standard InChI is InChI=1S/C10H11BrN2O4S/c11-7-3-5(4-18-7)9(15)13-6(10(16)17)1-2-8(12)14/h3-4,6H,1-2H2,(H2,12,14)(H,13,15)(H,16,17)/t6-/m0/s1. The molecule has 1 aromatic heterocycles. The van der Waals surface area contributed by atoms with Crippen molar-refractivity contribution in [2.24, 2.45) is 5.73 Å². The number of carbonyl (C=O) groups excluding carboxylic acids is 2. The predicted molar refractivity (Wildman–Crippen MR) is 69.3 cm³/mol. The van der Waals surface area contributed by atoms with Crippen molar-refractivity contribution in [2.75, 3.05) is 0 Å². The van der Waals surface area contributed by atoms with Crippen LogP contribution in [0, 0.1) is 0 Å². The lowest BCUT2D eigenvalue weighted by Crippen LogP contribution is -2.41. The highest BCUT2D eigenvalue weighted by atomic mass is 79.9. The van der Waals surface area contributed by atoms with E-state index in [1.807, 2.05) is 0 Å². The van der Waals surface area contributed by atoms with Crippen LogP contribution in [0.2, 0.25) is 0 Å². The van der Waals surface area contributed by atoms with Crippen LogP contribution in [0.25, 0.3) is 0 Å². The van der Waals surface area contributed by atoms with Crippen molar-refractivity contribution in [2.45, 2.75) is 18.9 Å². The number of thiophene rings is 1. The van der Waals surface area contributed by atoms with Crippen molar-refractivity contribution < 1.29 is 19.5 Å². The molecule has 0 aromatic carbocycles. The Kier molecular flexibility index (Phi) is 5.29. The molecule has 0 bridgehead atoms. The maximum atomic E-state index is 11.7. The van der Waals surface area contributed by atoms with Gasteiger partial charge in [-0.05, 0) is 28.4 Å². The second-order valence-corrected chi connectivity index (χ2v) is 5.80. The Hall–Kier alpha value is -1.41. The fraction of sp³-hybridized carbons (Fsp3) is 0.300. The van der Waals surface area contributed by atoms with E-state index in [4.69, 9.17) is 10.8 Å². The Morgan fingerprint density at radius 1 is 1.50 bits per heavy atom. The number of carbonyl (C=O) groups is 3. The third kappa shape index (κ3) is 4.46. The molecule has 0 radical (unpaired) electrons. The monoisotopic (exact) mass is 334 g/mol. The zero-order valence-corrected chi connectivity index (χ0v) is 11.6. The first-order valence-electron chi connectivity index (χ1n) is 4.96. The molecule has 8 heteroatoms. The minimum Gasteiger partial charge on any atom is -0.480 e. The molecule has 2 amide bonds. The average Bonchev–Trinajstić information content (AvgIpc) is 2.70. The van der Waals surface area contributed by atoms with Gasteiger partial charge in [0.1, 0.15) is 6.04 Å². The molecule has 18 heavy (non-hydrogen) atoms. The van der Waals surface area contributed by atoms with Gasteiger partial charge in [0.2, 0.25) is 5.91 Å². The molecule has 0 saturated heterocycles. The predicted octanol–water partition coefficient (Wildman–Crippen LogP) is 0.959. The van der Waals surface area contributed by atoms with Crippen molar-refractivity contribution in [1.29, 1.82) is 0 Å². The van der Waals surface area contributed by atoms with E-state index in [9.17, 15) is 14.4 Å². The van der Waals surface area contributed by atoms with Gasteiger partial charge in [0, 0.05) is 11.8 Å².